The molecule has 0 bridgehead atoms. The molecule has 3 heterocycles. The first-order valence-electron chi connectivity index (χ1n) is 7.98. The zero-order chi connectivity index (χ0) is 19.2. The third-order valence-corrected chi connectivity index (χ3v) is 4.48. The van der Waals surface area contributed by atoms with Gasteiger partial charge in [-0.15, -0.1) is 0 Å². The predicted octanol–water partition coefficient (Wildman–Crippen LogP) is 5.67. The van der Waals surface area contributed by atoms with Gasteiger partial charge in [-0.05, 0) is 36.8 Å². The van der Waals surface area contributed by atoms with Gasteiger partial charge >= 0.3 is 6.18 Å². The van der Waals surface area contributed by atoms with Gasteiger partial charge in [0.15, 0.2) is 5.65 Å². The molecule has 0 saturated heterocycles. The van der Waals surface area contributed by atoms with E-state index in [9.17, 15) is 13.2 Å². The van der Waals surface area contributed by atoms with Crippen molar-refractivity contribution in [1.29, 1.82) is 0 Å². The van der Waals surface area contributed by atoms with Crippen molar-refractivity contribution in [2.75, 3.05) is 0 Å². The number of aryl methyl sites for hydroxylation is 1. The third kappa shape index (κ3) is 3.26. The average Bonchev–Trinajstić information content (AvgIpc) is 3.04. The Morgan fingerprint density at radius 1 is 1.07 bits per heavy atom. The summed E-state index contributed by atoms with van der Waals surface area (Å²) in [5.74, 6) is 0.353. The lowest BCUT2D eigenvalue weighted by Gasteiger charge is -2.07. The lowest BCUT2D eigenvalue weighted by atomic mass is 10.0. The van der Waals surface area contributed by atoms with Crippen LogP contribution < -0.4 is 0 Å². The molecule has 0 aliphatic carbocycles. The Morgan fingerprint density at radius 2 is 1.89 bits per heavy atom. The van der Waals surface area contributed by atoms with Gasteiger partial charge in [0.1, 0.15) is 5.82 Å². The fourth-order valence-corrected chi connectivity index (χ4v) is 3.10. The van der Waals surface area contributed by atoms with Gasteiger partial charge in [-0.2, -0.15) is 13.2 Å². The average molecular weight is 389 g/mol. The van der Waals surface area contributed by atoms with E-state index >= 15 is 0 Å². The number of hydrogen-bond donors (Lipinski definition) is 1. The molecular formula is C19H12ClF3N4. The molecule has 0 aliphatic rings. The molecule has 1 N–H and O–H groups in total. The quantitative estimate of drug-likeness (QED) is 0.481. The number of halogens is 4. The Labute approximate surface area is 157 Å². The molecule has 0 spiro atoms. The summed E-state index contributed by atoms with van der Waals surface area (Å²) in [6, 6.07) is 10.2. The normalized spacial score (nSPS) is 11.9. The SMILES string of the molecule is Cc1cccnc1-c1ccc(-c2nc3ncc(C(F)(F)F)cc3[nH]2)c(Cl)c1. The van der Waals surface area contributed by atoms with Gasteiger partial charge in [-0.3, -0.25) is 4.98 Å². The number of aromatic amines is 1. The number of nitrogens with one attached hydrogen (secondary N) is 1. The summed E-state index contributed by atoms with van der Waals surface area (Å²) in [6.45, 7) is 1.95. The van der Waals surface area contributed by atoms with Gasteiger partial charge in [0.05, 0.1) is 21.8 Å². The van der Waals surface area contributed by atoms with Crippen molar-refractivity contribution >= 4 is 22.8 Å². The number of nitrogens with zero attached hydrogens (tertiary/aromatic N) is 3. The number of hydrogen-bond acceptors (Lipinski definition) is 3. The maximum absolute atomic E-state index is 12.8. The molecule has 1 aromatic carbocycles. The largest absolute Gasteiger partial charge is 0.417 e. The maximum Gasteiger partial charge on any atom is 0.417 e. The first-order valence-corrected chi connectivity index (χ1v) is 8.35. The number of pyridine rings is 2. The smallest absolute Gasteiger partial charge is 0.337 e. The van der Waals surface area contributed by atoms with Gasteiger partial charge in [-0.25, -0.2) is 9.97 Å². The maximum atomic E-state index is 12.8. The van der Waals surface area contributed by atoms with E-state index in [4.69, 9.17) is 11.6 Å². The van der Waals surface area contributed by atoms with Crippen LogP contribution in [0.15, 0.2) is 48.8 Å². The lowest BCUT2D eigenvalue weighted by molar-refractivity contribution is -0.137. The van der Waals surface area contributed by atoms with Crippen LogP contribution in [0.25, 0.3) is 33.8 Å². The third-order valence-electron chi connectivity index (χ3n) is 4.17. The van der Waals surface area contributed by atoms with E-state index in [2.05, 4.69) is 19.9 Å². The highest BCUT2D eigenvalue weighted by molar-refractivity contribution is 6.33. The van der Waals surface area contributed by atoms with Gasteiger partial charge in [0.25, 0.3) is 0 Å². The number of aromatic nitrogens is 4. The van der Waals surface area contributed by atoms with Gasteiger partial charge in [0.2, 0.25) is 0 Å². The zero-order valence-corrected chi connectivity index (χ0v) is 14.7. The van der Waals surface area contributed by atoms with Gasteiger partial charge in [0, 0.05) is 23.5 Å². The van der Waals surface area contributed by atoms with Crippen LogP contribution in [0.5, 0.6) is 0 Å². The number of imidazole rings is 1. The summed E-state index contributed by atoms with van der Waals surface area (Å²) in [5, 5.41) is 0.410. The van der Waals surface area contributed by atoms with Gasteiger partial charge < -0.3 is 4.98 Å². The molecule has 4 rings (SSSR count). The Hall–Kier alpha value is -2.93. The second-order valence-electron chi connectivity index (χ2n) is 6.04. The molecule has 0 atom stereocenters. The summed E-state index contributed by atoms with van der Waals surface area (Å²) < 4.78 is 38.5. The van der Waals surface area contributed by atoms with Crippen LogP contribution >= 0.6 is 11.6 Å². The minimum atomic E-state index is -4.47. The molecule has 0 saturated carbocycles. The summed E-state index contributed by atoms with van der Waals surface area (Å²) in [4.78, 5) is 15.3. The van der Waals surface area contributed by atoms with Crippen molar-refractivity contribution in [2.45, 2.75) is 13.1 Å². The van der Waals surface area contributed by atoms with Crippen molar-refractivity contribution < 1.29 is 13.2 Å². The Bertz CT molecular complexity index is 1150. The van der Waals surface area contributed by atoms with Crippen molar-refractivity contribution in [2.24, 2.45) is 0 Å². The van der Waals surface area contributed by atoms with Crippen LogP contribution in [0.4, 0.5) is 13.2 Å². The van der Waals surface area contributed by atoms with Crippen molar-refractivity contribution in [3.05, 3.63) is 64.9 Å². The topological polar surface area (TPSA) is 54.5 Å². The van der Waals surface area contributed by atoms with Crippen LogP contribution in [0.1, 0.15) is 11.1 Å². The second-order valence-corrected chi connectivity index (χ2v) is 6.45. The first kappa shape index (κ1) is 17.5. The minimum absolute atomic E-state index is 0.193. The van der Waals surface area contributed by atoms with Gasteiger partial charge in [-0.1, -0.05) is 23.7 Å². The second kappa shape index (κ2) is 6.35. The lowest BCUT2D eigenvalue weighted by Crippen LogP contribution is -2.05. The van der Waals surface area contributed by atoms with E-state index in [-0.39, 0.29) is 11.2 Å². The summed E-state index contributed by atoms with van der Waals surface area (Å²) in [5.41, 5.74) is 2.79. The molecule has 4 aromatic rings. The number of alkyl halides is 3. The molecule has 8 heteroatoms. The zero-order valence-electron chi connectivity index (χ0n) is 14.0. The molecule has 0 aliphatic heterocycles. The predicted molar refractivity (Wildman–Crippen MR) is 97.3 cm³/mol. The number of rotatable bonds is 2. The fraction of sp³-hybridized carbons (Fsp3) is 0.105. The van der Waals surface area contributed by atoms with E-state index in [0.29, 0.717) is 16.4 Å². The van der Waals surface area contributed by atoms with Crippen molar-refractivity contribution in [1.82, 2.24) is 19.9 Å². The fourth-order valence-electron chi connectivity index (χ4n) is 2.82. The molecule has 0 radical (unpaired) electrons. The Balaban J connectivity index is 1.76. The first-order chi connectivity index (χ1) is 12.8. The highest BCUT2D eigenvalue weighted by Crippen LogP contribution is 2.33. The summed E-state index contributed by atoms with van der Waals surface area (Å²) in [7, 11) is 0. The minimum Gasteiger partial charge on any atom is -0.337 e. The number of H-pyrrole nitrogens is 1. The van der Waals surface area contributed by atoms with Crippen LogP contribution in [0.2, 0.25) is 5.02 Å². The molecule has 27 heavy (non-hydrogen) atoms. The molecule has 0 unspecified atom stereocenters. The van der Waals surface area contributed by atoms with Crippen molar-refractivity contribution in [3.8, 4) is 22.6 Å². The van der Waals surface area contributed by atoms with E-state index < -0.39 is 11.7 Å². The summed E-state index contributed by atoms with van der Waals surface area (Å²) >= 11 is 6.41. The standard InChI is InChI=1S/C19H12ClF3N4/c1-10-3-2-6-24-16(10)11-4-5-13(14(20)7-11)17-26-15-8-12(19(21,22)23)9-25-18(15)27-17/h2-9H,1H3,(H,25,26,27). The molecule has 3 aromatic heterocycles. The summed E-state index contributed by atoms with van der Waals surface area (Å²) in [6.07, 6.45) is -2.00. The monoisotopic (exact) mass is 388 g/mol. The number of benzene rings is 1. The molecule has 0 amide bonds. The van der Waals surface area contributed by atoms with E-state index in [1.807, 2.05) is 25.1 Å². The van der Waals surface area contributed by atoms with E-state index in [1.165, 1.54) is 0 Å². The van der Waals surface area contributed by atoms with Crippen LogP contribution in [-0.2, 0) is 6.18 Å². The van der Waals surface area contributed by atoms with Crippen LogP contribution in [0.3, 0.4) is 0 Å². The van der Waals surface area contributed by atoms with Crippen LogP contribution in [0, 0.1) is 6.92 Å². The Morgan fingerprint density at radius 3 is 2.59 bits per heavy atom. The van der Waals surface area contributed by atoms with E-state index in [0.717, 1.165) is 29.1 Å². The highest BCUT2D eigenvalue weighted by Gasteiger charge is 2.31. The molecule has 0 fully saturated rings. The molecule has 4 nitrogen and oxygen atoms in total. The number of fused-ring (bicyclic) bond motifs is 1. The Kier molecular flexibility index (Phi) is 4.11. The molecule has 136 valence electrons. The highest BCUT2D eigenvalue weighted by atomic mass is 35.5. The van der Waals surface area contributed by atoms with E-state index in [1.54, 1.807) is 18.3 Å². The van der Waals surface area contributed by atoms with Crippen LogP contribution in [-0.4, -0.2) is 19.9 Å². The molecular weight excluding hydrogens is 377 g/mol. The van der Waals surface area contributed by atoms with Crippen molar-refractivity contribution in [3.63, 3.8) is 0 Å².